The Balaban J connectivity index is 1.19. The average Bonchev–Trinajstić information content (AvgIpc) is 3.83. The first-order chi connectivity index (χ1) is 25.9. The third-order valence-electron chi connectivity index (χ3n) is 10.5. The van der Waals surface area contributed by atoms with Crippen molar-refractivity contribution in [2.45, 2.75) is 62.2 Å². The topological polar surface area (TPSA) is 121 Å². The number of aliphatic hydroxyl groups excluding tert-OH is 1. The lowest BCUT2D eigenvalue weighted by Gasteiger charge is -2.36. The summed E-state index contributed by atoms with van der Waals surface area (Å²) in [6, 6.07) is 31.7. The van der Waals surface area contributed by atoms with Crippen LogP contribution in [0.5, 0.6) is 0 Å². The maximum absolute atomic E-state index is 15.5. The van der Waals surface area contributed by atoms with Crippen LogP contribution in [-0.2, 0) is 5.54 Å². The maximum atomic E-state index is 15.5. The van der Waals surface area contributed by atoms with E-state index in [2.05, 4.69) is 52.0 Å². The molecule has 0 bridgehead atoms. The number of pyridine rings is 1. The molecule has 1 saturated carbocycles. The molecule has 0 radical (unpaired) electrons. The molecule has 4 heterocycles. The van der Waals surface area contributed by atoms with Crippen LogP contribution in [0.4, 0.5) is 15.0 Å². The van der Waals surface area contributed by atoms with Crippen LogP contribution < -0.4 is 10.6 Å². The van der Waals surface area contributed by atoms with Gasteiger partial charge in [0.1, 0.15) is 11.2 Å². The maximum Gasteiger partial charge on any atom is 0.317 e. The second-order valence-electron chi connectivity index (χ2n) is 13.8. The van der Waals surface area contributed by atoms with Gasteiger partial charge in [0.15, 0.2) is 23.1 Å². The van der Waals surface area contributed by atoms with Crippen molar-refractivity contribution in [1.82, 2.24) is 34.9 Å². The fraction of sp³-hybridized carbons (Fsp3) is 0.293. The predicted molar refractivity (Wildman–Crippen MR) is 203 cm³/mol. The van der Waals surface area contributed by atoms with E-state index in [1.807, 2.05) is 59.3 Å². The van der Waals surface area contributed by atoms with Gasteiger partial charge in [-0.05, 0) is 61.3 Å². The molecule has 3 N–H and O–H groups in total. The minimum atomic E-state index is -0.976. The molecule has 3 aromatic heterocycles. The number of nitrogens with one attached hydrogen (secondary N) is 2. The van der Waals surface area contributed by atoms with Crippen LogP contribution in [0.2, 0.25) is 5.02 Å². The second-order valence-corrected chi connectivity index (χ2v) is 14.2. The number of likely N-dealkylation sites (tertiary alicyclic amines) is 1. The van der Waals surface area contributed by atoms with E-state index in [9.17, 15) is 9.90 Å². The first kappa shape index (κ1) is 34.7. The number of hydrogen-bond acceptors (Lipinski definition) is 7. The van der Waals surface area contributed by atoms with Gasteiger partial charge in [0.25, 0.3) is 0 Å². The van der Waals surface area contributed by atoms with Gasteiger partial charge < -0.3 is 20.6 Å². The summed E-state index contributed by atoms with van der Waals surface area (Å²) in [7, 11) is 0. The molecule has 0 spiro atoms. The molecule has 270 valence electrons. The number of anilines is 1. The highest BCUT2D eigenvalue weighted by molar-refractivity contribution is 6.31. The number of halogens is 2. The zero-order valence-electron chi connectivity index (χ0n) is 29.1. The summed E-state index contributed by atoms with van der Waals surface area (Å²) < 4.78 is 17.4. The van der Waals surface area contributed by atoms with E-state index < -0.39 is 11.4 Å². The second kappa shape index (κ2) is 14.9. The Labute approximate surface area is 312 Å². The summed E-state index contributed by atoms with van der Waals surface area (Å²) >= 11 is 6.59. The highest BCUT2D eigenvalue weighted by atomic mass is 35.5. The van der Waals surface area contributed by atoms with Crippen molar-refractivity contribution in [3.63, 3.8) is 0 Å². The summed E-state index contributed by atoms with van der Waals surface area (Å²) in [4.78, 5) is 28.8. The quantitative estimate of drug-likeness (QED) is 0.133. The molecule has 2 fully saturated rings. The third-order valence-corrected chi connectivity index (χ3v) is 10.7. The number of aromatic nitrogens is 5. The van der Waals surface area contributed by atoms with Crippen LogP contribution in [0.1, 0.15) is 55.2 Å². The molecule has 2 amide bonds. The van der Waals surface area contributed by atoms with E-state index in [-0.39, 0.29) is 42.4 Å². The minimum absolute atomic E-state index is 0.0425. The lowest BCUT2D eigenvalue weighted by Crippen LogP contribution is -2.50. The standard InChI is InChI=1S/C41H40ClFN8O2/c42-30-22-34-36(38-44-25-35(43)37(48-38)46-31-18-10-19-32(23-31)47-40(53)50-21-11-20-33(50)26-52)49-51(39(34)45-24-30)41(27-12-4-1-5-13-27,28-14-6-2-7-15-28)29-16-8-3-9-17-29/h1-9,12-17,22,24-25,31-33,52H,10-11,18-21,23,26H2,(H,47,53)(H,44,46,48)/t31?,32-,33+/m1/s1. The van der Waals surface area contributed by atoms with Gasteiger partial charge in [0, 0.05) is 24.8 Å². The van der Waals surface area contributed by atoms with Gasteiger partial charge in [-0.15, -0.1) is 0 Å². The first-order valence-electron chi connectivity index (χ1n) is 18.1. The number of amides is 2. The fourth-order valence-corrected chi connectivity index (χ4v) is 8.22. The summed E-state index contributed by atoms with van der Waals surface area (Å²) in [5.41, 5.74) is 2.86. The van der Waals surface area contributed by atoms with Crippen molar-refractivity contribution in [3.05, 3.63) is 137 Å². The Kier molecular flexibility index (Phi) is 9.76. The van der Waals surface area contributed by atoms with Crippen LogP contribution in [0.25, 0.3) is 22.6 Å². The number of rotatable bonds is 9. The first-order valence-corrected chi connectivity index (χ1v) is 18.5. The molecule has 3 aromatic carbocycles. The molecule has 3 atom stereocenters. The van der Waals surface area contributed by atoms with Crippen molar-refractivity contribution in [2.75, 3.05) is 18.5 Å². The van der Waals surface area contributed by atoms with Crippen molar-refractivity contribution in [1.29, 1.82) is 0 Å². The van der Waals surface area contributed by atoms with E-state index in [0.717, 1.165) is 55.0 Å². The SMILES string of the molecule is O=C(N[C@@H]1CCCC(Nc2nc(-c3nn(C(c4ccccc4)(c4ccccc4)c4ccccc4)c4ncc(Cl)cc34)ncc2F)C1)N1CCC[C@H]1CO. The van der Waals surface area contributed by atoms with Gasteiger partial charge in [-0.1, -0.05) is 103 Å². The molecule has 53 heavy (non-hydrogen) atoms. The van der Waals surface area contributed by atoms with Crippen LogP contribution in [0.15, 0.2) is 109 Å². The molecular formula is C41H40ClFN8O2. The zero-order valence-corrected chi connectivity index (χ0v) is 29.8. The van der Waals surface area contributed by atoms with Gasteiger partial charge in [0.2, 0.25) is 0 Å². The lowest BCUT2D eigenvalue weighted by molar-refractivity contribution is 0.152. The molecule has 1 saturated heterocycles. The van der Waals surface area contributed by atoms with Crippen molar-refractivity contribution >= 4 is 34.5 Å². The van der Waals surface area contributed by atoms with E-state index >= 15 is 4.39 Å². The Morgan fingerprint density at radius 1 is 0.868 bits per heavy atom. The van der Waals surface area contributed by atoms with Gasteiger partial charge in [-0.3, -0.25) is 0 Å². The number of aliphatic hydroxyl groups is 1. The molecule has 10 nitrogen and oxygen atoms in total. The molecular weight excluding hydrogens is 691 g/mol. The van der Waals surface area contributed by atoms with E-state index in [1.165, 1.54) is 0 Å². The van der Waals surface area contributed by atoms with E-state index in [0.29, 0.717) is 34.7 Å². The summed E-state index contributed by atoms with van der Waals surface area (Å²) in [5.74, 6) is -0.311. The van der Waals surface area contributed by atoms with Crippen LogP contribution >= 0.6 is 11.6 Å². The van der Waals surface area contributed by atoms with Crippen molar-refractivity contribution in [3.8, 4) is 11.5 Å². The van der Waals surface area contributed by atoms with Crippen LogP contribution in [0, 0.1) is 5.82 Å². The Bertz CT molecular complexity index is 2110. The number of carbonyl (C=O) groups excluding carboxylic acids is 1. The number of nitrogens with zero attached hydrogens (tertiary/aromatic N) is 6. The molecule has 1 aliphatic heterocycles. The highest BCUT2D eigenvalue weighted by Crippen LogP contribution is 2.43. The molecule has 1 unspecified atom stereocenters. The van der Waals surface area contributed by atoms with Gasteiger partial charge in [-0.2, -0.15) is 5.10 Å². The van der Waals surface area contributed by atoms with E-state index in [4.69, 9.17) is 26.7 Å². The highest BCUT2D eigenvalue weighted by Gasteiger charge is 2.42. The minimum Gasteiger partial charge on any atom is -0.394 e. The molecule has 1 aliphatic carbocycles. The van der Waals surface area contributed by atoms with Crippen LogP contribution in [0.3, 0.4) is 0 Å². The van der Waals surface area contributed by atoms with Gasteiger partial charge in [-0.25, -0.2) is 28.8 Å². The Morgan fingerprint density at radius 2 is 1.51 bits per heavy atom. The number of urea groups is 1. The van der Waals surface area contributed by atoms with Crippen molar-refractivity contribution < 1.29 is 14.3 Å². The summed E-state index contributed by atoms with van der Waals surface area (Å²) in [6.45, 7) is 0.591. The number of fused-ring (bicyclic) bond motifs is 1. The number of benzene rings is 3. The summed E-state index contributed by atoms with van der Waals surface area (Å²) in [5, 5.41) is 22.5. The number of carbonyl (C=O) groups is 1. The fourth-order valence-electron chi connectivity index (χ4n) is 8.06. The predicted octanol–water partition coefficient (Wildman–Crippen LogP) is 7.41. The van der Waals surface area contributed by atoms with Crippen LogP contribution in [-0.4, -0.2) is 72.0 Å². The van der Waals surface area contributed by atoms with Gasteiger partial charge >= 0.3 is 6.03 Å². The van der Waals surface area contributed by atoms with E-state index in [1.54, 1.807) is 17.2 Å². The lowest BCUT2D eigenvalue weighted by atomic mass is 9.77. The molecule has 8 rings (SSSR count). The van der Waals surface area contributed by atoms with Crippen molar-refractivity contribution in [2.24, 2.45) is 0 Å². The Morgan fingerprint density at radius 3 is 2.15 bits per heavy atom. The molecule has 12 heteroatoms. The zero-order chi connectivity index (χ0) is 36.4. The molecule has 2 aliphatic rings. The third kappa shape index (κ3) is 6.59. The molecule has 6 aromatic rings. The summed E-state index contributed by atoms with van der Waals surface area (Å²) in [6.07, 6.45) is 7.51. The average molecular weight is 731 g/mol. The Hall–Kier alpha value is -5.39. The largest absolute Gasteiger partial charge is 0.394 e. The normalized spacial score (nSPS) is 19.0. The monoisotopic (exact) mass is 730 g/mol. The number of hydrogen-bond donors (Lipinski definition) is 3. The van der Waals surface area contributed by atoms with Gasteiger partial charge in [0.05, 0.1) is 29.3 Å². The smallest absolute Gasteiger partial charge is 0.317 e.